The van der Waals surface area contributed by atoms with E-state index in [4.69, 9.17) is 0 Å². The van der Waals surface area contributed by atoms with E-state index in [1.54, 1.807) is 0 Å². The van der Waals surface area contributed by atoms with Crippen LogP contribution in [0.4, 0.5) is 0 Å². The molecule has 0 radical (unpaired) electrons. The molecule has 6 aromatic carbocycles. The number of para-hydroxylation sites is 3. The van der Waals surface area contributed by atoms with Gasteiger partial charge in [0.05, 0.1) is 27.8 Å². The topological polar surface area (TPSA) is 9.86 Å². The van der Waals surface area contributed by atoms with Crippen LogP contribution in [0.2, 0.25) is 0 Å². The third-order valence-electron chi connectivity index (χ3n) is 10.8. The van der Waals surface area contributed by atoms with Crippen LogP contribution >= 0.6 is 0 Å². The average molecular weight is 600 g/mol. The normalized spacial score (nSPS) is 12.1. The number of rotatable bonds is 3. The second-order valence-electron chi connectivity index (χ2n) is 14.3. The Kier molecular flexibility index (Phi) is 6.71. The largest absolute Gasteiger partial charge is 0.309 e. The molecule has 0 spiro atoms. The number of nitrogens with zero attached hydrogens (tertiary/aromatic N) is 2. The van der Waals surface area contributed by atoms with Gasteiger partial charge in [0.15, 0.2) is 0 Å². The lowest BCUT2D eigenvalue weighted by Gasteiger charge is -2.27. The molecule has 8 aromatic rings. The fourth-order valence-electron chi connectivity index (χ4n) is 8.23. The maximum absolute atomic E-state index is 2.51. The van der Waals surface area contributed by atoms with Crippen LogP contribution in [-0.2, 0) is 5.41 Å². The minimum absolute atomic E-state index is 0.159. The lowest BCUT2D eigenvalue weighted by atomic mass is 9.59. The molecule has 0 amide bonds. The molecule has 0 aliphatic rings. The van der Waals surface area contributed by atoms with E-state index in [0.717, 1.165) is 0 Å². The molecule has 0 bridgehead atoms. The Morgan fingerprint density at radius 1 is 0.447 bits per heavy atom. The summed E-state index contributed by atoms with van der Waals surface area (Å²) in [5, 5.41) is 5.23. The van der Waals surface area contributed by atoms with Crippen molar-refractivity contribution in [1.82, 2.24) is 9.13 Å². The molecule has 0 atom stereocenters. The Balaban J connectivity index is 1.63. The summed E-state index contributed by atoms with van der Waals surface area (Å²) < 4.78 is 4.99. The Labute approximate surface area is 281 Å². The van der Waals surface area contributed by atoms with Crippen molar-refractivity contribution < 1.29 is 0 Å². The number of aromatic nitrogens is 2. The number of benzene rings is 6. The maximum atomic E-state index is 2.51. The van der Waals surface area contributed by atoms with Crippen LogP contribution in [-0.4, -0.2) is 48.4 Å². The monoisotopic (exact) mass is 600 g/mol. The molecule has 2 nitrogen and oxygen atoms in total. The first kappa shape index (κ1) is 29.6. The molecular formula is C40H37B5N2. The van der Waals surface area contributed by atoms with E-state index in [9.17, 15) is 0 Å². The predicted octanol–water partition coefficient (Wildman–Crippen LogP) is 2.14. The molecule has 0 aliphatic heterocycles. The highest BCUT2D eigenvalue weighted by Gasteiger charge is 2.29. The van der Waals surface area contributed by atoms with Gasteiger partial charge in [0.1, 0.15) is 39.2 Å². The smallest absolute Gasteiger partial charge is 0.139 e. The molecule has 2 aromatic heterocycles. The predicted molar refractivity (Wildman–Crippen MR) is 220 cm³/mol. The third kappa shape index (κ3) is 4.25. The lowest BCUT2D eigenvalue weighted by molar-refractivity contribution is 0.593. The zero-order valence-corrected chi connectivity index (χ0v) is 28.8. The molecule has 8 rings (SSSR count). The Hall–Kier alpha value is -4.76. The van der Waals surface area contributed by atoms with E-state index >= 15 is 0 Å². The van der Waals surface area contributed by atoms with Crippen molar-refractivity contribution in [3.8, 4) is 22.5 Å². The second kappa shape index (κ2) is 10.6. The zero-order valence-electron chi connectivity index (χ0n) is 28.8. The summed E-state index contributed by atoms with van der Waals surface area (Å²) in [6.07, 6.45) is 0. The van der Waals surface area contributed by atoms with E-state index in [1.807, 2.05) is 0 Å². The van der Waals surface area contributed by atoms with Crippen molar-refractivity contribution in [1.29, 1.82) is 0 Å². The summed E-state index contributed by atoms with van der Waals surface area (Å²) in [7, 11) is 11.5. The van der Waals surface area contributed by atoms with E-state index < -0.39 is 0 Å². The highest BCUT2D eigenvalue weighted by atomic mass is 15.0. The quantitative estimate of drug-likeness (QED) is 0.276. The van der Waals surface area contributed by atoms with E-state index in [2.05, 4.69) is 178 Å². The molecule has 0 saturated carbocycles. The molecule has 0 N–H and O–H groups in total. The van der Waals surface area contributed by atoms with Gasteiger partial charge in [-0.25, -0.2) is 0 Å². The summed E-state index contributed by atoms with van der Waals surface area (Å²) in [5.74, 6) is 0. The SMILES string of the molecule is Bc1c(B)c(B)c(-c2cccc3c2c2c(C(C)(C)C)c(-n4c5ccccc5c5ccccc54)ccc2n3-c2ccccc2)c(B)c1B. The van der Waals surface area contributed by atoms with Gasteiger partial charge in [-0.05, 0) is 64.6 Å². The number of hydrogen-bond acceptors (Lipinski definition) is 0. The van der Waals surface area contributed by atoms with Crippen molar-refractivity contribution >= 4 is 110 Å². The highest BCUT2D eigenvalue weighted by molar-refractivity contribution is 6.69. The van der Waals surface area contributed by atoms with Crippen molar-refractivity contribution in [2.75, 3.05) is 0 Å². The highest BCUT2D eigenvalue weighted by Crippen LogP contribution is 2.46. The third-order valence-corrected chi connectivity index (χ3v) is 10.8. The summed E-state index contributed by atoms with van der Waals surface area (Å²) in [6, 6.07) is 40.3. The molecule has 7 heteroatoms. The van der Waals surface area contributed by atoms with Gasteiger partial charge in [0, 0.05) is 27.2 Å². The van der Waals surface area contributed by atoms with Gasteiger partial charge in [-0.2, -0.15) is 0 Å². The Morgan fingerprint density at radius 2 is 0.957 bits per heavy atom. The molecule has 222 valence electrons. The summed E-state index contributed by atoms with van der Waals surface area (Å²) in [5.41, 5.74) is 18.2. The molecule has 47 heavy (non-hydrogen) atoms. The van der Waals surface area contributed by atoms with Crippen LogP contribution in [0.3, 0.4) is 0 Å². The molecule has 2 heterocycles. The molecule has 0 unspecified atom stereocenters. The maximum Gasteiger partial charge on any atom is 0.139 e. The van der Waals surface area contributed by atoms with Crippen molar-refractivity contribution in [2.24, 2.45) is 0 Å². The first-order chi connectivity index (χ1) is 22.6. The van der Waals surface area contributed by atoms with E-state index in [0.29, 0.717) is 0 Å². The summed E-state index contributed by atoms with van der Waals surface area (Å²) in [6.45, 7) is 7.14. The Morgan fingerprint density at radius 3 is 1.55 bits per heavy atom. The molecule has 0 fully saturated rings. The summed E-state index contributed by atoms with van der Waals surface area (Å²) >= 11 is 0. The van der Waals surface area contributed by atoms with Crippen molar-refractivity contribution in [3.05, 3.63) is 115 Å². The van der Waals surface area contributed by atoms with Gasteiger partial charge in [-0.3, -0.25) is 0 Å². The van der Waals surface area contributed by atoms with Gasteiger partial charge in [-0.15, -0.1) is 16.4 Å². The molecular weight excluding hydrogens is 563 g/mol. The van der Waals surface area contributed by atoms with Crippen LogP contribution < -0.4 is 27.3 Å². The Bertz CT molecular complexity index is 2470. The van der Waals surface area contributed by atoms with E-state index in [-0.39, 0.29) is 5.41 Å². The van der Waals surface area contributed by atoms with Crippen molar-refractivity contribution in [2.45, 2.75) is 26.2 Å². The van der Waals surface area contributed by atoms with E-state index in [1.165, 1.54) is 99.0 Å². The first-order valence-electron chi connectivity index (χ1n) is 16.8. The number of fused-ring (bicyclic) bond motifs is 6. The standard InChI is InChI=1S/C40H37B5N2/c1-40(2,3)34-30(47-26-17-9-7-14-23(26)24-15-8-10-18-27(24)47)21-20-29-33(34)31-25(32-35(41)37(43)39(45)38(44)36(32)42)16-11-19-28(31)46(29)22-12-5-4-6-13-22/h4-21H,41-45H2,1-3H3. The lowest BCUT2D eigenvalue weighted by Crippen LogP contribution is -2.55. The minimum Gasteiger partial charge on any atom is -0.309 e. The summed E-state index contributed by atoms with van der Waals surface area (Å²) in [4.78, 5) is 0. The number of hydrogen-bond donors (Lipinski definition) is 0. The van der Waals surface area contributed by atoms with Crippen LogP contribution in [0.1, 0.15) is 26.3 Å². The van der Waals surface area contributed by atoms with Crippen LogP contribution in [0.5, 0.6) is 0 Å². The van der Waals surface area contributed by atoms with Gasteiger partial charge < -0.3 is 9.13 Å². The van der Waals surface area contributed by atoms with Crippen LogP contribution in [0.15, 0.2) is 109 Å². The fourth-order valence-corrected chi connectivity index (χ4v) is 8.23. The van der Waals surface area contributed by atoms with Gasteiger partial charge in [-0.1, -0.05) is 98.4 Å². The minimum atomic E-state index is -0.159. The van der Waals surface area contributed by atoms with Gasteiger partial charge in [0.2, 0.25) is 0 Å². The first-order valence-corrected chi connectivity index (χ1v) is 16.8. The van der Waals surface area contributed by atoms with Crippen molar-refractivity contribution in [3.63, 3.8) is 0 Å². The average Bonchev–Trinajstić information content (AvgIpc) is 3.59. The molecule has 0 aliphatic carbocycles. The van der Waals surface area contributed by atoms with Crippen LogP contribution in [0.25, 0.3) is 66.1 Å². The fraction of sp³-hybridized carbons (Fsp3) is 0.100. The van der Waals surface area contributed by atoms with Gasteiger partial charge >= 0.3 is 0 Å². The zero-order chi connectivity index (χ0) is 32.8. The van der Waals surface area contributed by atoms with Gasteiger partial charge in [0.25, 0.3) is 0 Å². The molecule has 0 saturated heterocycles. The second-order valence-corrected chi connectivity index (χ2v) is 14.3. The van der Waals surface area contributed by atoms with Crippen LogP contribution in [0, 0.1) is 0 Å².